The largest absolute Gasteiger partial charge is 0.330 e. The Morgan fingerprint density at radius 2 is 2.38 bits per heavy atom. The van der Waals surface area contributed by atoms with Crippen molar-refractivity contribution in [3.8, 4) is 0 Å². The molecule has 2 N–H and O–H groups in total. The lowest BCUT2D eigenvalue weighted by molar-refractivity contribution is 0.309. The van der Waals surface area contributed by atoms with Gasteiger partial charge in [0.25, 0.3) is 0 Å². The van der Waals surface area contributed by atoms with Crippen LogP contribution in [-0.2, 0) is 6.54 Å². The molecule has 0 amide bonds. The van der Waals surface area contributed by atoms with E-state index in [1.54, 1.807) is 6.07 Å². The molecule has 0 saturated carbocycles. The van der Waals surface area contributed by atoms with E-state index < -0.39 is 0 Å². The van der Waals surface area contributed by atoms with E-state index in [2.05, 4.69) is 14.9 Å². The van der Waals surface area contributed by atoms with Crippen molar-refractivity contribution >= 4 is 11.6 Å². The highest BCUT2D eigenvalue weighted by molar-refractivity contribution is 6.29. The van der Waals surface area contributed by atoms with Crippen LogP contribution in [0.3, 0.4) is 0 Å². The van der Waals surface area contributed by atoms with Gasteiger partial charge in [-0.25, -0.2) is 9.97 Å². The van der Waals surface area contributed by atoms with Gasteiger partial charge in [0.05, 0.1) is 6.54 Å². The van der Waals surface area contributed by atoms with Crippen LogP contribution in [0.15, 0.2) is 6.07 Å². The van der Waals surface area contributed by atoms with Gasteiger partial charge < -0.3 is 5.73 Å². The van der Waals surface area contributed by atoms with Crippen LogP contribution >= 0.6 is 11.6 Å². The first-order valence-corrected chi connectivity index (χ1v) is 5.97. The molecule has 0 aromatic carbocycles. The quantitative estimate of drug-likeness (QED) is 0.808. The average Bonchev–Trinajstić information content (AvgIpc) is 2.64. The SMILES string of the molecule is Cc1cc(Cl)nc(CN2CCC(CN)C2)n1. The normalized spacial score (nSPS) is 21.6. The topological polar surface area (TPSA) is 55.0 Å². The molecule has 1 saturated heterocycles. The van der Waals surface area contributed by atoms with Crippen molar-refractivity contribution in [3.05, 3.63) is 22.7 Å². The Hall–Kier alpha value is -0.710. The van der Waals surface area contributed by atoms with Gasteiger partial charge in [0.2, 0.25) is 0 Å². The van der Waals surface area contributed by atoms with E-state index in [-0.39, 0.29) is 0 Å². The van der Waals surface area contributed by atoms with Crippen molar-refractivity contribution in [1.29, 1.82) is 0 Å². The summed E-state index contributed by atoms with van der Waals surface area (Å²) in [5, 5.41) is 0.525. The summed E-state index contributed by atoms with van der Waals surface area (Å²) in [6.45, 7) is 5.61. The van der Waals surface area contributed by atoms with E-state index in [9.17, 15) is 0 Å². The lowest BCUT2D eigenvalue weighted by Crippen LogP contribution is -2.23. The first-order chi connectivity index (χ1) is 7.67. The van der Waals surface area contributed by atoms with E-state index in [1.165, 1.54) is 6.42 Å². The highest BCUT2D eigenvalue weighted by atomic mass is 35.5. The molecular weight excluding hydrogens is 224 g/mol. The number of hydrogen-bond donors (Lipinski definition) is 1. The number of aromatic nitrogens is 2. The van der Waals surface area contributed by atoms with Gasteiger partial charge in [-0.15, -0.1) is 0 Å². The van der Waals surface area contributed by atoms with E-state index >= 15 is 0 Å². The molecule has 0 spiro atoms. The third kappa shape index (κ3) is 2.90. The van der Waals surface area contributed by atoms with E-state index in [4.69, 9.17) is 17.3 Å². The molecule has 0 bridgehead atoms. The molecule has 1 atom stereocenters. The van der Waals surface area contributed by atoms with Crippen molar-refractivity contribution in [2.24, 2.45) is 11.7 Å². The zero-order valence-electron chi connectivity index (χ0n) is 9.49. The molecule has 2 rings (SSSR count). The molecule has 1 aromatic heterocycles. The fraction of sp³-hybridized carbons (Fsp3) is 0.636. The second-order valence-corrected chi connectivity index (χ2v) is 4.76. The molecule has 5 heteroatoms. The predicted octanol–water partition coefficient (Wildman–Crippen LogP) is 1.22. The summed E-state index contributed by atoms with van der Waals surface area (Å²) >= 11 is 5.90. The molecule has 88 valence electrons. The summed E-state index contributed by atoms with van der Waals surface area (Å²) in [5.41, 5.74) is 6.58. The number of nitrogens with two attached hydrogens (primary N) is 1. The lowest BCUT2D eigenvalue weighted by Gasteiger charge is -2.14. The van der Waals surface area contributed by atoms with Crippen LogP contribution < -0.4 is 5.73 Å². The highest BCUT2D eigenvalue weighted by Crippen LogP contribution is 2.17. The van der Waals surface area contributed by atoms with Gasteiger partial charge in [-0.05, 0) is 38.4 Å². The minimum atomic E-state index is 0.525. The van der Waals surface area contributed by atoms with E-state index in [0.717, 1.165) is 37.7 Å². The van der Waals surface area contributed by atoms with Crippen molar-refractivity contribution in [1.82, 2.24) is 14.9 Å². The zero-order valence-corrected chi connectivity index (χ0v) is 10.2. The fourth-order valence-corrected chi connectivity index (χ4v) is 2.36. The summed E-state index contributed by atoms with van der Waals surface area (Å²) in [4.78, 5) is 10.9. The van der Waals surface area contributed by atoms with Crippen LogP contribution in [0, 0.1) is 12.8 Å². The van der Waals surface area contributed by atoms with Crippen LogP contribution in [0.5, 0.6) is 0 Å². The van der Waals surface area contributed by atoms with Crippen molar-refractivity contribution in [3.63, 3.8) is 0 Å². The molecular formula is C11H17ClN4. The maximum atomic E-state index is 5.90. The Kier molecular flexibility index (Phi) is 3.74. The van der Waals surface area contributed by atoms with Gasteiger partial charge in [-0.2, -0.15) is 0 Å². The second-order valence-electron chi connectivity index (χ2n) is 4.37. The maximum Gasteiger partial charge on any atom is 0.144 e. The smallest absolute Gasteiger partial charge is 0.144 e. The number of aryl methyl sites for hydroxylation is 1. The standard InChI is InChI=1S/C11H17ClN4/c1-8-4-10(12)15-11(14-8)7-16-3-2-9(5-13)6-16/h4,9H,2-3,5-7,13H2,1H3. The predicted molar refractivity (Wildman–Crippen MR) is 64.2 cm³/mol. The Morgan fingerprint density at radius 3 is 3.00 bits per heavy atom. The molecule has 4 nitrogen and oxygen atoms in total. The van der Waals surface area contributed by atoms with Crippen LogP contribution in [0.1, 0.15) is 17.9 Å². The Bertz CT molecular complexity index is 349. The minimum Gasteiger partial charge on any atom is -0.330 e. The Morgan fingerprint density at radius 1 is 1.56 bits per heavy atom. The van der Waals surface area contributed by atoms with Gasteiger partial charge >= 0.3 is 0 Å². The number of rotatable bonds is 3. The monoisotopic (exact) mass is 240 g/mol. The third-order valence-corrected chi connectivity index (χ3v) is 3.13. The van der Waals surface area contributed by atoms with E-state index in [1.807, 2.05) is 6.92 Å². The summed E-state index contributed by atoms with van der Waals surface area (Å²) < 4.78 is 0. The van der Waals surface area contributed by atoms with Crippen LogP contribution in [0.4, 0.5) is 0 Å². The minimum absolute atomic E-state index is 0.525. The number of halogens is 1. The second kappa shape index (κ2) is 5.08. The number of hydrogen-bond acceptors (Lipinski definition) is 4. The van der Waals surface area contributed by atoms with Gasteiger partial charge in [-0.1, -0.05) is 11.6 Å². The zero-order chi connectivity index (χ0) is 11.5. The average molecular weight is 241 g/mol. The van der Waals surface area contributed by atoms with Crippen LogP contribution in [0.25, 0.3) is 0 Å². The summed E-state index contributed by atoms with van der Waals surface area (Å²) in [6.07, 6.45) is 1.18. The molecule has 1 aliphatic rings. The van der Waals surface area contributed by atoms with Gasteiger partial charge in [0.15, 0.2) is 0 Å². The van der Waals surface area contributed by atoms with Crippen molar-refractivity contribution in [2.75, 3.05) is 19.6 Å². The van der Waals surface area contributed by atoms with Gasteiger partial charge in [-0.3, -0.25) is 4.90 Å². The first kappa shape index (κ1) is 11.8. The van der Waals surface area contributed by atoms with Gasteiger partial charge in [0, 0.05) is 12.2 Å². The molecule has 0 aliphatic carbocycles. The Balaban J connectivity index is 1.99. The molecule has 1 fully saturated rings. The lowest BCUT2D eigenvalue weighted by atomic mass is 10.1. The molecule has 1 unspecified atom stereocenters. The summed E-state index contributed by atoms with van der Waals surface area (Å²) in [6, 6.07) is 1.78. The van der Waals surface area contributed by atoms with Crippen molar-refractivity contribution < 1.29 is 0 Å². The first-order valence-electron chi connectivity index (χ1n) is 5.60. The number of nitrogens with zero attached hydrogens (tertiary/aromatic N) is 3. The third-order valence-electron chi connectivity index (χ3n) is 2.94. The van der Waals surface area contributed by atoms with Gasteiger partial charge in [0.1, 0.15) is 11.0 Å². The van der Waals surface area contributed by atoms with Crippen LogP contribution in [-0.4, -0.2) is 34.5 Å². The molecule has 0 radical (unpaired) electrons. The maximum absolute atomic E-state index is 5.90. The van der Waals surface area contributed by atoms with E-state index in [0.29, 0.717) is 11.1 Å². The fourth-order valence-electron chi connectivity index (χ4n) is 2.11. The Labute approximate surface area is 101 Å². The summed E-state index contributed by atoms with van der Waals surface area (Å²) in [5.74, 6) is 1.43. The number of likely N-dealkylation sites (tertiary alicyclic amines) is 1. The highest BCUT2D eigenvalue weighted by Gasteiger charge is 2.21. The molecule has 1 aliphatic heterocycles. The molecule has 2 heterocycles. The molecule has 1 aromatic rings. The molecule has 16 heavy (non-hydrogen) atoms. The summed E-state index contributed by atoms with van der Waals surface area (Å²) in [7, 11) is 0. The van der Waals surface area contributed by atoms with Crippen molar-refractivity contribution in [2.45, 2.75) is 19.9 Å². The van der Waals surface area contributed by atoms with Crippen LogP contribution in [0.2, 0.25) is 5.15 Å².